The Hall–Kier alpha value is -4.04. The molecule has 172 valence electrons. The van der Waals surface area contributed by atoms with Gasteiger partial charge in [0, 0.05) is 10.9 Å². The number of primary amides is 1. The number of anilines is 1. The first-order chi connectivity index (χ1) is 16.3. The molecule has 0 radical (unpaired) electrons. The third kappa shape index (κ3) is 4.53. The summed E-state index contributed by atoms with van der Waals surface area (Å²) in [5.74, 6) is -1.75. The lowest BCUT2D eigenvalue weighted by atomic mass is 10.0. The van der Waals surface area contributed by atoms with Crippen molar-refractivity contribution in [3.05, 3.63) is 82.2 Å². The first kappa shape index (κ1) is 23.1. The Morgan fingerprint density at radius 1 is 1.03 bits per heavy atom. The topological polar surface area (TPSA) is 111 Å². The summed E-state index contributed by atoms with van der Waals surface area (Å²) in [4.78, 5) is 43.1. The van der Waals surface area contributed by atoms with E-state index in [1.54, 1.807) is 26.8 Å². The second kappa shape index (κ2) is 9.44. The fourth-order valence-corrected chi connectivity index (χ4v) is 4.74. The van der Waals surface area contributed by atoms with Crippen molar-refractivity contribution >= 4 is 45.0 Å². The zero-order valence-electron chi connectivity index (χ0n) is 18.9. The first-order valence-electron chi connectivity index (χ1n) is 10.7. The molecule has 0 atom stereocenters. The average Bonchev–Trinajstić information content (AvgIpc) is 3.14. The fourth-order valence-electron chi connectivity index (χ4n) is 3.65. The minimum Gasteiger partial charge on any atom is -0.459 e. The van der Waals surface area contributed by atoms with Crippen molar-refractivity contribution in [3.63, 3.8) is 0 Å². The van der Waals surface area contributed by atoms with E-state index in [0.717, 1.165) is 16.9 Å². The molecule has 3 N–H and O–H groups in total. The lowest BCUT2D eigenvalue weighted by Gasteiger charge is -2.11. The molecule has 0 saturated carbocycles. The number of ether oxygens (including phenoxy) is 1. The number of hydrogen-bond donors (Lipinski definition) is 2. The van der Waals surface area contributed by atoms with E-state index < -0.39 is 17.8 Å². The maximum absolute atomic E-state index is 13.5. The van der Waals surface area contributed by atoms with Gasteiger partial charge >= 0.3 is 5.97 Å². The number of fused-ring (bicyclic) bond motifs is 1. The minimum atomic E-state index is -0.739. The van der Waals surface area contributed by atoms with Gasteiger partial charge in [-0.15, -0.1) is 11.3 Å². The van der Waals surface area contributed by atoms with E-state index in [2.05, 4.69) is 5.32 Å². The third-order valence-corrected chi connectivity index (χ3v) is 6.37. The largest absolute Gasteiger partial charge is 0.459 e. The van der Waals surface area contributed by atoms with E-state index in [4.69, 9.17) is 15.5 Å². The van der Waals surface area contributed by atoms with Crippen LogP contribution in [0.1, 0.15) is 49.8 Å². The van der Waals surface area contributed by atoms with Gasteiger partial charge in [-0.25, -0.2) is 9.78 Å². The molecule has 4 rings (SSSR count). The van der Waals surface area contributed by atoms with Gasteiger partial charge in [0.1, 0.15) is 9.88 Å². The summed E-state index contributed by atoms with van der Waals surface area (Å²) in [6, 6.07) is 18.6. The molecule has 0 fully saturated rings. The molecule has 2 amide bonds. The number of para-hydroxylation sites is 1. The van der Waals surface area contributed by atoms with Gasteiger partial charge in [-0.3, -0.25) is 9.59 Å². The molecule has 4 aromatic rings. The number of esters is 1. The summed E-state index contributed by atoms with van der Waals surface area (Å²) < 4.78 is 5.28. The number of amides is 2. The molecule has 0 aliphatic heterocycles. The molecule has 2 aromatic heterocycles. The molecule has 7 nitrogen and oxygen atoms in total. The monoisotopic (exact) mass is 473 g/mol. The van der Waals surface area contributed by atoms with E-state index >= 15 is 0 Å². The zero-order chi connectivity index (χ0) is 24.4. The van der Waals surface area contributed by atoms with Crippen LogP contribution in [-0.2, 0) is 4.74 Å². The second-order valence-electron chi connectivity index (χ2n) is 7.97. The van der Waals surface area contributed by atoms with E-state index in [0.29, 0.717) is 27.7 Å². The lowest BCUT2D eigenvalue weighted by molar-refractivity contribution is 0.0383. The Morgan fingerprint density at radius 3 is 2.38 bits per heavy atom. The highest BCUT2D eigenvalue weighted by Crippen LogP contribution is 2.34. The SMILES string of the molecule is Cc1c(C(=O)OC(C)C)sc(NC(=O)c2cc(-c3ccccc3)nc3ccccc23)c1C(N)=O. The Morgan fingerprint density at radius 2 is 1.71 bits per heavy atom. The van der Waals surface area contributed by atoms with Gasteiger partial charge in [-0.05, 0) is 38.5 Å². The average molecular weight is 474 g/mol. The van der Waals surface area contributed by atoms with Crippen LogP contribution in [0.25, 0.3) is 22.2 Å². The number of aromatic nitrogens is 1. The molecule has 2 heterocycles. The summed E-state index contributed by atoms with van der Waals surface area (Å²) in [6.07, 6.45) is -0.330. The van der Waals surface area contributed by atoms with E-state index in [1.807, 2.05) is 54.6 Å². The van der Waals surface area contributed by atoms with Crippen LogP contribution in [0.4, 0.5) is 5.00 Å². The van der Waals surface area contributed by atoms with Crippen LogP contribution in [0.2, 0.25) is 0 Å². The van der Waals surface area contributed by atoms with Gasteiger partial charge in [0.05, 0.1) is 28.4 Å². The number of rotatable bonds is 6. The van der Waals surface area contributed by atoms with Crippen LogP contribution in [0, 0.1) is 6.92 Å². The van der Waals surface area contributed by atoms with Crippen molar-refractivity contribution in [2.45, 2.75) is 26.9 Å². The van der Waals surface area contributed by atoms with Gasteiger partial charge in [-0.1, -0.05) is 48.5 Å². The molecule has 0 aliphatic carbocycles. The summed E-state index contributed by atoms with van der Waals surface area (Å²) in [5.41, 5.74) is 8.62. The van der Waals surface area contributed by atoms with Crippen LogP contribution in [-0.4, -0.2) is 28.9 Å². The highest BCUT2D eigenvalue weighted by molar-refractivity contribution is 7.18. The number of hydrogen-bond acceptors (Lipinski definition) is 6. The molecule has 0 spiro atoms. The number of thiophene rings is 1. The summed E-state index contributed by atoms with van der Waals surface area (Å²) >= 11 is 0.971. The van der Waals surface area contributed by atoms with Crippen molar-refractivity contribution in [2.24, 2.45) is 5.73 Å². The summed E-state index contributed by atoms with van der Waals surface area (Å²) in [5, 5.41) is 3.65. The van der Waals surface area contributed by atoms with Crippen molar-refractivity contribution in [3.8, 4) is 11.3 Å². The Kier molecular flexibility index (Phi) is 6.43. The molecule has 0 bridgehead atoms. The van der Waals surface area contributed by atoms with E-state index in [-0.39, 0.29) is 21.5 Å². The maximum atomic E-state index is 13.5. The molecule has 0 unspecified atom stereocenters. The summed E-state index contributed by atoms with van der Waals surface area (Å²) in [7, 11) is 0. The molecule has 8 heteroatoms. The Labute approximate surface area is 200 Å². The van der Waals surface area contributed by atoms with Crippen LogP contribution in [0.15, 0.2) is 60.7 Å². The molecule has 2 aromatic carbocycles. The number of carbonyl (C=O) groups is 3. The van der Waals surface area contributed by atoms with E-state index in [9.17, 15) is 14.4 Å². The highest BCUT2D eigenvalue weighted by Gasteiger charge is 2.26. The minimum absolute atomic E-state index is 0.0932. The van der Waals surface area contributed by atoms with Crippen molar-refractivity contribution in [1.82, 2.24) is 4.98 Å². The zero-order valence-corrected chi connectivity index (χ0v) is 19.7. The lowest BCUT2D eigenvalue weighted by Crippen LogP contribution is -2.18. The molecule has 0 aliphatic rings. The number of carbonyl (C=O) groups excluding carboxylic acids is 3. The molecular formula is C26H23N3O4S. The predicted octanol–water partition coefficient (Wildman–Crippen LogP) is 5.19. The van der Waals surface area contributed by atoms with Gasteiger partial charge < -0.3 is 15.8 Å². The Balaban J connectivity index is 1.78. The van der Waals surface area contributed by atoms with Crippen molar-refractivity contribution in [1.29, 1.82) is 0 Å². The standard InChI is InChI=1S/C26H23N3O4S/c1-14(2)33-26(32)22-15(3)21(23(27)30)25(34-22)29-24(31)18-13-20(16-9-5-4-6-10-16)28-19-12-8-7-11-17(18)19/h4-14H,1-3H3,(H2,27,30)(H,29,31). The number of pyridine rings is 1. The van der Waals surface area contributed by atoms with Crippen LogP contribution < -0.4 is 11.1 Å². The second-order valence-corrected chi connectivity index (χ2v) is 8.99. The normalized spacial score (nSPS) is 10.9. The third-order valence-electron chi connectivity index (χ3n) is 5.18. The number of benzene rings is 2. The first-order valence-corrected chi connectivity index (χ1v) is 11.5. The van der Waals surface area contributed by atoms with Crippen LogP contribution in [0.5, 0.6) is 0 Å². The molecule has 0 saturated heterocycles. The number of nitrogens with two attached hydrogens (primary N) is 1. The number of nitrogens with one attached hydrogen (secondary N) is 1. The smallest absolute Gasteiger partial charge is 0.348 e. The highest BCUT2D eigenvalue weighted by atomic mass is 32.1. The van der Waals surface area contributed by atoms with Gasteiger partial charge in [-0.2, -0.15) is 0 Å². The van der Waals surface area contributed by atoms with Gasteiger partial charge in [0.25, 0.3) is 11.8 Å². The van der Waals surface area contributed by atoms with Crippen molar-refractivity contribution in [2.75, 3.05) is 5.32 Å². The quantitative estimate of drug-likeness (QED) is 0.375. The maximum Gasteiger partial charge on any atom is 0.348 e. The molecular weight excluding hydrogens is 450 g/mol. The predicted molar refractivity (Wildman–Crippen MR) is 133 cm³/mol. The van der Waals surface area contributed by atoms with Gasteiger partial charge in [0.2, 0.25) is 0 Å². The van der Waals surface area contributed by atoms with E-state index in [1.165, 1.54) is 0 Å². The van der Waals surface area contributed by atoms with Crippen molar-refractivity contribution < 1.29 is 19.1 Å². The van der Waals surface area contributed by atoms with Gasteiger partial charge in [0.15, 0.2) is 0 Å². The fraction of sp³-hybridized carbons (Fsp3) is 0.154. The summed E-state index contributed by atoms with van der Waals surface area (Å²) in [6.45, 7) is 5.08. The van der Waals surface area contributed by atoms with Crippen LogP contribution in [0.3, 0.4) is 0 Å². The van der Waals surface area contributed by atoms with Crippen LogP contribution >= 0.6 is 11.3 Å². The molecule has 34 heavy (non-hydrogen) atoms. The number of nitrogens with zero attached hydrogens (tertiary/aromatic N) is 1. The Bertz CT molecular complexity index is 1410.